The number of aromatic nitrogens is 6. The van der Waals surface area contributed by atoms with Crippen molar-refractivity contribution >= 4 is 34.3 Å². The molecular weight excluding hydrogens is 521 g/mol. The smallest absolute Gasteiger partial charge is 0.321 e. The molecule has 0 spiro atoms. The summed E-state index contributed by atoms with van der Waals surface area (Å²) in [5.74, 6) is -3.57. The van der Waals surface area contributed by atoms with Crippen LogP contribution in [-0.2, 0) is 25.4 Å². The Balaban J connectivity index is 1.62. The van der Waals surface area contributed by atoms with E-state index in [1.165, 1.54) is 27.7 Å². The molecule has 7 nitrogen and oxygen atoms in total. The zero-order valence-electron chi connectivity index (χ0n) is 19.2. The molecule has 1 saturated carbocycles. The van der Waals surface area contributed by atoms with Gasteiger partial charge in [0.2, 0.25) is 0 Å². The first-order valence-corrected chi connectivity index (χ1v) is 12.6. The summed E-state index contributed by atoms with van der Waals surface area (Å²) in [5, 5.41) is 17.0. The summed E-state index contributed by atoms with van der Waals surface area (Å²) in [6, 6.07) is 6.84. The minimum Gasteiger partial charge on any atom is -0.321 e. The van der Waals surface area contributed by atoms with Gasteiger partial charge in [0.25, 0.3) is 0 Å². The van der Waals surface area contributed by atoms with Crippen molar-refractivity contribution in [1.29, 1.82) is 5.26 Å². The van der Waals surface area contributed by atoms with Gasteiger partial charge < -0.3 is 9.13 Å². The molecule has 5 rings (SSSR count). The largest absolute Gasteiger partial charge is 0.459 e. The highest BCUT2D eigenvalue weighted by Crippen LogP contribution is 2.51. The molecule has 4 heterocycles. The topological polar surface area (TPSA) is 85.2 Å². The summed E-state index contributed by atoms with van der Waals surface area (Å²) in [5.41, 5.74) is -1.60. The molecule has 0 aliphatic heterocycles. The summed E-state index contributed by atoms with van der Waals surface area (Å²) in [6.07, 6.45) is -4.16. The molecule has 0 saturated heterocycles. The third-order valence-corrected chi connectivity index (χ3v) is 8.41. The lowest BCUT2D eigenvalue weighted by Crippen LogP contribution is -2.34. The van der Waals surface area contributed by atoms with E-state index in [2.05, 4.69) is 21.3 Å². The average Bonchev–Trinajstić information content (AvgIpc) is 3.17. The normalized spacial score (nSPS) is 15.4. The van der Waals surface area contributed by atoms with Crippen molar-refractivity contribution in [1.82, 2.24) is 29.3 Å². The van der Waals surface area contributed by atoms with Crippen molar-refractivity contribution in [2.75, 3.05) is 5.75 Å². The lowest BCUT2D eigenvalue weighted by atomic mass is 10.1. The summed E-state index contributed by atoms with van der Waals surface area (Å²) in [7, 11) is 3.41. The highest BCUT2D eigenvalue weighted by Gasteiger charge is 2.60. The van der Waals surface area contributed by atoms with Crippen LogP contribution in [0, 0.1) is 11.3 Å². The van der Waals surface area contributed by atoms with Crippen LogP contribution in [0.3, 0.4) is 0 Å². The number of alkyl halides is 5. The number of imidazole rings is 2. The maximum absolute atomic E-state index is 13.8. The molecule has 0 radical (unpaired) electrons. The molecule has 0 atom stereocenters. The van der Waals surface area contributed by atoms with Gasteiger partial charge in [0.1, 0.15) is 21.9 Å². The number of halogens is 5. The second-order valence-electron chi connectivity index (χ2n) is 8.44. The number of nitrogens with zero attached hydrogens (tertiary/aromatic N) is 7. The van der Waals surface area contributed by atoms with Crippen molar-refractivity contribution in [3.8, 4) is 28.3 Å². The Kier molecular flexibility index (Phi) is 5.64. The molecule has 1 fully saturated rings. The first-order chi connectivity index (χ1) is 16.9. The minimum atomic E-state index is -5.81. The Hall–Kier alpha value is -3.05. The number of hydrogen-bond acceptors (Lipinski definition) is 7. The number of hydrogen-bond donors (Lipinski definition) is 0. The second-order valence-corrected chi connectivity index (χ2v) is 10.8. The predicted octanol–water partition coefficient (Wildman–Crippen LogP) is 5.81. The van der Waals surface area contributed by atoms with E-state index in [-0.39, 0.29) is 17.0 Å². The van der Waals surface area contributed by atoms with Crippen LogP contribution in [0.1, 0.15) is 30.3 Å². The zero-order valence-corrected chi connectivity index (χ0v) is 20.8. The summed E-state index contributed by atoms with van der Waals surface area (Å²) >= 11 is 2.98. The lowest BCUT2D eigenvalue weighted by molar-refractivity contribution is -0.291. The number of thiophene rings is 1. The van der Waals surface area contributed by atoms with E-state index in [9.17, 15) is 27.2 Å². The second kappa shape index (κ2) is 8.24. The Morgan fingerprint density at radius 2 is 1.81 bits per heavy atom. The molecule has 1 aliphatic carbocycles. The number of fused-ring (bicyclic) bond motifs is 1. The average molecular weight is 540 g/mol. The Morgan fingerprint density at radius 1 is 1.08 bits per heavy atom. The van der Waals surface area contributed by atoms with Crippen LogP contribution in [0.4, 0.5) is 22.0 Å². The lowest BCUT2D eigenvalue weighted by Gasteiger charge is -2.17. The van der Waals surface area contributed by atoms with Gasteiger partial charge in [0.05, 0.1) is 16.4 Å². The molecular formula is C22H18F5N7S2. The van der Waals surface area contributed by atoms with Gasteiger partial charge in [-0.15, -0.1) is 33.3 Å². The molecule has 1 aliphatic rings. The van der Waals surface area contributed by atoms with Crippen molar-refractivity contribution in [2.45, 2.75) is 42.3 Å². The van der Waals surface area contributed by atoms with Crippen molar-refractivity contribution in [2.24, 2.45) is 14.1 Å². The predicted molar refractivity (Wildman–Crippen MR) is 125 cm³/mol. The molecule has 0 bridgehead atoms. The van der Waals surface area contributed by atoms with E-state index in [1.807, 2.05) is 30.7 Å². The van der Waals surface area contributed by atoms with Crippen LogP contribution in [0.25, 0.3) is 33.4 Å². The van der Waals surface area contributed by atoms with Crippen molar-refractivity contribution in [3.63, 3.8) is 0 Å². The SMILES string of the molecule is CCSc1c(-c2nc3cc(C(F)(F)C(F)(F)F)nnc3n2C)nc(-c2ccc(C3(C#N)CC3)s2)n1C. The van der Waals surface area contributed by atoms with E-state index in [4.69, 9.17) is 4.98 Å². The molecule has 36 heavy (non-hydrogen) atoms. The van der Waals surface area contributed by atoms with E-state index in [1.54, 1.807) is 7.05 Å². The van der Waals surface area contributed by atoms with Crippen LogP contribution in [0.5, 0.6) is 0 Å². The molecule has 0 N–H and O–H groups in total. The molecule has 4 aromatic rings. The highest BCUT2D eigenvalue weighted by molar-refractivity contribution is 7.99. The van der Waals surface area contributed by atoms with Crippen LogP contribution in [0.2, 0.25) is 0 Å². The first kappa shape index (κ1) is 24.6. The van der Waals surface area contributed by atoms with Gasteiger partial charge in [-0.25, -0.2) is 9.97 Å². The van der Waals surface area contributed by atoms with Gasteiger partial charge in [0, 0.05) is 19.0 Å². The number of rotatable bonds is 6. The highest BCUT2D eigenvalue weighted by atomic mass is 32.2. The van der Waals surface area contributed by atoms with Crippen molar-refractivity contribution < 1.29 is 22.0 Å². The minimum absolute atomic E-state index is 0.0504. The summed E-state index contributed by atoms with van der Waals surface area (Å²) in [4.78, 5) is 10.9. The molecule has 14 heteroatoms. The molecule has 188 valence electrons. The van der Waals surface area contributed by atoms with Gasteiger partial charge in [-0.2, -0.15) is 27.2 Å². The quantitative estimate of drug-likeness (QED) is 0.227. The fourth-order valence-electron chi connectivity index (χ4n) is 3.90. The fourth-order valence-corrected chi connectivity index (χ4v) is 5.96. The van der Waals surface area contributed by atoms with E-state index in [0.717, 1.165) is 27.6 Å². The van der Waals surface area contributed by atoms with Crippen LogP contribution < -0.4 is 0 Å². The molecule has 0 unspecified atom stereocenters. The van der Waals surface area contributed by atoms with Crippen LogP contribution in [-0.4, -0.2) is 41.2 Å². The van der Waals surface area contributed by atoms with E-state index >= 15 is 0 Å². The molecule has 0 aromatic carbocycles. The zero-order chi connectivity index (χ0) is 26.0. The number of aryl methyl sites for hydroxylation is 1. The van der Waals surface area contributed by atoms with Gasteiger partial charge in [0.15, 0.2) is 17.3 Å². The Bertz CT molecular complexity index is 1520. The summed E-state index contributed by atoms with van der Waals surface area (Å²) in [6.45, 7) is 1.96. The van der Waals surface area contributed by atoms with Gasteiger partial charge in [-0.05, 0) is 36.8 Å². The van der Waals surface area contributed by atoms with E-state index < -0.39 is 23.2 Å². The Morgan fingerprint density at radius 3 is 2.42 bits per heavy atom. The van der Waals surface area contributed by atoms with E-state index in [0.29, 0.717) is 23.3 Å². The maximum atomic E-state index is 13.8. The Labute approximate surface area is 210 Å². The number of thioether (sulfide) groups is 1. The van der Waals surface area contributed by atoms with Gasteiger partial charge in [-0.1, -0.05) is 6.92 Å². The van der Waals surface area contributed by atoms with Gasteiger partial charge in [-0.3, -0.25) is 0 Å². The van der Waals surface area contributed by atoms with Crippen molar-refractivity contribution in [3.05, 3.63) is 28.8 Å². The molecule has 4 aromatic heterocycles. The van der Waals surface area contributed by atoms with Crippen LogP contribution in [0.15, 0.2) is 23.2 Å². The monoisotopic (exact) mass is 539 g/mol. The first-order valence-electron chi connectivity index (χ1n) is 10.8. The summed E-state index contributed by atoms with van der Waals surface area (Å²) < 4.78 is 69.6. The number of nitriles is 1. The van der Waals surface area contributed by atoms with Crippen LogP contribution >= 0.6 is 23.1 Å². The van der Waals surface area contributed by atoms with Gasteiger partial charge >= 0.3 is 12.1 Å². The standard InChI is InChI=1S/C22H18F5N7S2/c1-4-35-19-15(30-17(34(19)3)12-5-6-14(36-12)20(10-28)7-8-20)18-29-11-9-13(21(23,24)22(25,26)27)31-32-16(11)33(18)2/h5-6,9H,4,7-8H2,1-3H3. The third kappa shape index (κ3) is 3.67. The molecule has 0 amide bonds. The third-order valence-electron chi connectivity index (χ3n) is 6.09. The maximum Gasteiger partial charge on any atom is 0.459 e. The fraction of sp³-hybridized carbons (Fsp3) is 0.409.